The third-order valence-electron chi connectivity index (χ3n) is 3.83. The Kier molecular flexibility index (Phi) is 4.71. The number of pyridine rings is 1. The molecule has 2 rings (SSSR count). The van der Waals surface area contributed by atoms with E-state index >= 15 is 0 Å². The Labute approximate surface area is 119 Å². The molecule has 1 aliphatic heterocycles. The molecule has 0 saturated carbocycles. The molecule has 0 spiro atoms. The lowest BCUT2D eigenvalue weighted by atomic mass is 9.96. The molecule has 1 aromatic heterocycles. The summed E-state index contributed by atoms with van der Waals surface area (Å²) in [6.07, 6.45) is 5.11. The summed E-state index contributed by atoms with van der Waals surface area (Å²) in [7, 11) is 0. The van der Waals surface area contributed by atoms with Crippen molar-refractivity contribution in [1.82, 2.24) is 15.2 Å². The molecule has 1 saturated heterocycles. The molecule has 1 fully saturated rings. The predicted octanol–water partition coefficient (Wildman–Crippen LogP) is 0.997. The second-order valence-corrected chi connectivity index (χ2v) is 5.30. The molecule has 1 aliphatic rings. The van der Waals surface area contributed by atoms with Crippen LogP contribution in [0, 0.1) is 5.92 Å². The van der Waals surface area contributed by atoms with E-state index in [-0.39, 0.29) is 30.3 Å². The number of hydrogen-bond acceptors (Lipinski definition) is 3. The third-order valence-corrected chi connectivity index (χ3v) is 3.83. The first-order chi connectivity index (χ1) is 9.61. The quantitative estimate of drug-likeness (QED) is 0.872. The second kappa shape index (κ2) is 6.50. The molecule has 2 amide bonds. The molecular formula is C15H21N3O2. The summed E-state index contributed by atoms with van der Waals surface area (Å²) in [5.74, 6) is 0.122. The number of carbonyl (C=O) groups is 2. The van der Waals surface area contributed by atoms with Gasteiger partial charge in [0, 0.05) is 18.9 Å². The van der Waals surface area contributed by atoms with Gasteiger partial charge in [-0.05, 0) is 24.0 Å². The van der Waals surface area contributed by atoms with E-state index in [9.17, 15) is 9.59 Å². The predicted molar refractivity (Wildman–Crippen MR) is 75.9 cm³/mol. The minimum Gasteiger partial charge on any atom is -0.342 e. The lowest BCUT2D eigenvalue weighted by Crippen LogP contribution is -2.60. The van der Waals surface area contributed by atoms with Crippen LogP contribution >= 0.6 is 0 Å². The molecule has 0 aromatic carbocycles. The van der Waals surface area contributed by atoms with Gasteiger partial charge in [0.05, 0.1) is 6.54 Å². The standard InChI is InChI=1S/C15H21N3O2/c1-3-11(2)14-15(20)18(10-13(19)17-14)8-6-12-5-4-7-16-9-12/h4-5,7,9,11,14H,3,6,8,10H2,1-2H3,(H,17,19). The number of nitrogens with zero attached hydrogens (tertiary/aromatic N) is 2. The van der Waals surface area contributed by atoms with Gasteiger partial charge in [-0.25, -0.2) is 0 Å². The minimum absolute atomic E-state index is 0.0304. The largest absolute Gasteiger partial charge is 0.342 e. The number of nitrogens with one attached hydrogen (secondary N) is 1. The van der Waals surface area contributed by atoms with E-state index < -0.39 is 0 Å². The molecular weight excluding hydrogens is 254 g/mol. The first kappa shape index (κ1) is 14.5. The number of piperazine rings is 1. The molecule has 0 radical (unpaired) electrons. The van der Waals surface area contributed by atoms with Gasteiger partial charge in [0.25, 0.3) is 0 Å². The van der Waals surface area contributed by atoms with Crippen molar-refractivity contribution in [2.45, 2.75) is 32.7 Å². The molecule has 1 N–H and O–H groups in total. The van der Waals surface area contributed by atoms with E-state index in [0.29, 0.717) is 6.54 Å². The molecule has 0 aliphatic carbocycles. The summed E-state index contributed by atoms with van der Waals surface area (Å²) in [6.45, 7) is 4.74. The molecule has 0 bridgehead atoms. The topological polar surface area (TPSA) is 62.3 Å². The minimum atomic E-state index is -0.379. The van der Waals surface area contributed by atoms with Gasteiger partial charge in [-0.15, -0.1) is 0 Å². The maximum atomic E-state index is 12.4. The monoisotopic (exact) mass is 275 g/mol. The van der Waals surface area contributed by atoms with E-state index in [0.717, 1.165) is 18.4 Å². The van der Waals surface area contributed by atoms with E-state index in [1.165, 1.54) is 0 Å². The van der Waals surface area contributed by atoms with Gasteiger partial charge in [-0.1, -0.05) is 26.3 Å². The average molecular weight is 275 g/mol. The van der Waals surface area contributed by atoms with Crippen LogP contribution in [0.25, 0.3) is 0 Å². The van der Waals surface area contributed by atoms with Gasteiger partial charge in [0.15, 0.2) is 0 Å². The van der Waals surface area contributed by atoms with Crippen LogP contribution in [0.4, 0.5) is 0 Å². The van der Waals surface area contributed by atoms with Crippen molar-refractivity contribution in [1.29, 1.82) is 0 Å². The van der Waals surface area contributed by atoms with Crippen molar-refractivity contribution in [2.75, 3.05) is 13.1 Å². The van der Waals surface area contributed by atoms with Crippen LogP contribution in [-0.4, -0.2) is 40.8 Å². The summed E-state index contributed by atoms with van der Waals surface area (Å²) < 4.78 is 0. The molecule has 20 heavy (non-hydrogen) atoms. The maximum absolute atomic E-state index is 12.4. The Morgan fingerprint density at radius 1 is 1.50 bits per heavy atom. The van der Waals surface area contributed by atoms with E-state index in [4.69, 9.17) is 0 Å². The number of aromatic nitrogens is 1. The average Bonchev–Trinajstić information content (AvgIpc) is 2.48. The van der Waals surface area contributed by atoms with Crippen molar-refractivity contribution >= 4 is 11.8 Å². The van der Waals surface area contributed by atoms with E-state index in [2.05, 4.69) is 10.3 Å². The van der Waals surface area contributed by atoms with Gasteiger partial charge in [0.2, 0.25) is 11.8 Å². The molecule has 1 aromatic rings. The summed E-state index contributed by atoms with van der Waals surface area (Å²) in [5, 5.41) is 2.80. The first-order valence-corrected chi connectivity index (χ1v) is 7.09. The number of carbonyl (C=O) groups excluding carboxylic acids is 2. The van der Waals surface area contributed by atoms with Crippen LogP contribution in [0.2, 0.25) is 0 Å². The number of hydrogen-bond donors (Lipinski definition) is 1. The molecule has 5 nitrogen and oxygen atoms in total. The van der Waals surface area contributed by atoms with Crippen molar-refractivity contribution in [3.63, 3.8) is 0 Å². The lowest BCUT2D eigenvalue weighted by Gasteiger charge is -2.35. The Bertz CT molecular complexity index is 475. The Morgan fingerprint density at radius 3 is 2.95 bits per heavy atom. The number of amides is 2. The highest BCUT2D eigenvalue weighted by Gasteiger charge is 2.34. The zero-order chi connectivity index (χ0) is 14.5. The first-order valence-electron chi connectivity index (χ1n) is 7.09. The maximum Gasteiger partial charge on any atom is 0.245 e. The smallest absolute Gasteiger partial charge is 0.245 e. The highest BCUT2D eigenvalue weighted by atomic mass is 16.2. The van der Waals surface area contributed by atoms with Crippen molar-refractivity contribution in [3.05, 3.63) is 30.1 Å². The third kappa shape index (κ3) is 3.35. The van der Waals surface area contributed by atoms with Crippen LogP contribution in [0.3, 0.4) is 0 Å². The highest BCUT2D eigenvalue weighted by molar-refractivity contribution is 5.95. The SMILES string of the molecule is CCC(C)C1NC(=O)CN(CCc2cccnc2)C1=O. The Balaban J connectivity index is 1.99. The zero-order valence-electron chi connectivity index (χ0n) is 12.0. The zero-order valence-corrected chi connectivity index (χ0v) is 12.0. The van der Waals surface area contributed by atoms with Crippen molar-refractivity contribution in [3.8, 4) is 0 Å². The lowest BCUT2D eigenvalue weighted by molar-refractivity contribution is -0.145. The Hall–Kier alpha value is -1.91. The molecule has 2 unspecified atom stereocenters. The van der Waals surface area contributed by atoms with Gasteiger partial charge >= 0.3 is 0 Å². The normalized spacial score (nSPS) is 20.7. The van der Waals surface area contributed by atoms with Crippen LogP contribution in [0.5, 0.6) is 0 Å². The fourth-order valence-electron chi connectivity index (χ4n) is 2.35. The fraction of sp³-hybridized carbons (Fsp3) is 0.533. The number of rotatable bonds is 5. The van der Waals surface area contributed by atoms with Crippen LogP contribution in [0.1, 0.15) is 25.8 Å². The Morgan fingerprint density at radius 2 is 2.30 bits per heavy atom. The van der Waals surface area contributed by atoms with Crippen LogP contribution in [-0.2, 0) is 16.0 Å². The second-order valence-electron chi connectivity index (χ2n) is 5.30. The van der Waals surface area contributed by atoms with Crippen molar-refractivity contribution in [2.24, 2.45) is 5.92 Å². The molecule has 5 heteroatoms. The molecule has 108 valence electrons. The summed E-state index contributed by atoms with van der Waals surface area (Å²) in [5.41, 5.74) is 1.08. The summed E-state index contributed by atoms with van der Waals surface area (Å²) in [6, 6.07) is 3.48. The molecule has 2 atom stereocenters. The van der Waals surface area contributed by atoms with E-state index in [1.807, 2.05) is 26.0 Å². The summed E-state index contributed by atoms with van der Waals surface area (Å²) >= 11 is 0. The van der Waals surface area contributed by atoms with Crippen LogP contribution in [0.15, 0.2) is 24.5 Å². The fourth-order valence-corrected chi connectivity index (χ4v) is 2.35. The molecule has 2 heterocycles. The highest BCUT2D eigenvalue weighted by Crippen LogP contribution is 2.14. The summed E-state index contributed by atoms with van der Waals surface area (Å²) in [4.78, 5) is 29.8. The van der Waals surface area contributed by atoms with Gasteiger partial charge in [0.1, 0.15) is 6.04 Å². The van der Waals surface area contributed by atoms with Gasteiger partial charge in [-0.2, -0.15) is 0 Å². The van der Waals surface area contributed by atoms with Gasteiger partial charge < -0.3 is 10.2 Å². The van der Waals surface area contributed by atoms with Crippen LogP contribution < -0.4 is 5.32 Å². The van der Waals surface area contributed by atoms with E-state index in [1.54, 1.807) is 17.3 Å². The van der Waals surface area contributed by atoms with Crippen molar-refractivity contribution < 1.29 is 9.59 Å². The van der Waals surface area contributed by atoms with Gasteiger partial charge in [-0.3, -0.25) is 14.6 Å².